The Labute approximate surface area is 150 Å². The van der Waals surface area contributed by atoms with Gasteiger partial charge in [0.15, 0.2) is 0 Å². The molecule has 0 saturated heterocycles. The standard InChI is InChI=1S/C20H17ClN2O2/c1-20(8-9-25-18-7-6-14(21)10-16(18)20)19(24)23-17-12-22-11-13-4-2-3-5-15(13)17/h2-7,10-12H,8-9H2,1H3,(H,23,24)/t20-/m0/s1. The number of carbonyl (C=O) groups excluding carboxylic acids is 1. The Morgan fingerprint density at radius 2 is 2.08 bits per heavy atom. The fourth-order valence-corrected chi connectivity index (χ4v) is 3.44. The van der Waals surface area contributed by atoms with Crippen molar-refractivity contribution in [3.05, 3.63) is 65.4 Å². The summed E-state index contributed by atoms with van der Waals surface area (Å²) in [4.78, 5) is 17.4. The summed E-state index contributed by atoms with van der Waals surface area (Å²) in [6, 6.07) is 13.3. The minimum atomic E-state index is -0.713. The van der Waals surface area contributed by atoms with Crippen molar-refractivity contribution in [3.8, 4) is 5.75 Å². The van der Waals surface area contributed by atoms with Crippen LogP contribution in [-0.4, -0.2) is 17.5 Å². The molecule has 1 atom stereocenters. The number of aromatic nitrogens is 1. The van der Waals surface area contributed by atoms with Gasteiger partial charge in [0.2, 0.25) is 5.91 Å². The Morgan fingerprint density at radius 1 is 1.24 bits per heavy atom. The molecular formula is C20H17ClN2O2. The van der Waals surface area contributed by atoms with Gasteiger partial charge in [-0.1, -0.05) is 35.9 Å². The zero-order valence-corrected chi connectivity index (χ0v) is 14.5. The van der Waals surface area contributed by atoms with Crippen LogP contribution in [0.1, 0.15) is 18.9 Å². The van der Waals surface area contributed by atoms with Crippen LogP contribution in [0.4, 0.5) is 5.69 Å². The van der Waals surface area contributed by atoms with Crippen LogP contribution in [0.25, 0.3) is 10.8 Å². The van der Waals surface area contributed by atoms with E-state index in [1.165, 1.54) is 0 Å². The number of nitrogens with one attached hydrogen (secondary N) is 1. The third-order valence-electron chi connectivity index (χ3n) is 4.81. The topological polar surface area (TPSA) is 51.2 Å². The maximum atomic E-state index is 13.2. The molecular weight excluding hydrogens is 336 g/mol. The minimum absolute atomic E-state index is 0.0857. The molecule has 5 heteroatoms. The van der Waals surface area contributed by atoms with Crippen molar-refractivity contribution >= 4 is 34.0 Å². The summed E-state index contributed by atoms with van der Waals surface area (Å²) in [5, 5.41) is 5.60. The number of hydrogen-bond donors (Lipinski definition) is 1. The van der Waals surface area contributed by atoms with Crippen LogP contribution >= 0.6 is 11.6 Å². The van der Waals surface area contributed by atoms with E-state index in [9.17, 15) is 4.79 Å². The largest absolute Gasteiger partial charge is 0.493 e. The van der Waals surface area contributed by atoms with Crippen molar-refractivity contribution in [1.29, 1.82) is 0 Å². The number of nitrogens with zero attached hydrogens (tertiary/aromatic N) is 1. The lowest BCUT2D eigenvalue weighted by Gasteiger charge is -2.34. The fourth-order valence-electron chi connectivity index (χ4n) is 3.27. The van der Waals surface area contributed by atoms with Crippen LogP contribution in [0.2, 0.25) is 5.02 Å². The summed E-state index contributed by atoms with van der Waals surface area (Å²) in [5.41, 5.74) is 0.812. The molecule has 0 unspecified atom stereocenters. The Kier molecular flexibility index (Phi) is 3.85. The van der Waals surface area contributed by atoms with Crippen molar-refractivity contribution in [3.63, 3.8) is 0 Å². The number of pyridine rings is 1. The Bertz CT molecular complexity index is 968. The highest BCUT2D eigenvalue weighted by Crippen LogP contribution is 2.41. The van der Waals surface area contributed by atoms with E-state index < -0.39 is 5.41 Å². The Balaban J connectivity index is 1.73. The molecule has 126 valence electrons. The van der Waals surface area contributed by atoms with Crippen LogP contribution in [-0.2, 0) is 10.2 Å². The van der Waals surface area contributed by atoms with E-state index in [0.717, 1.165) is 16.3 Å². The predicted molar refractivity (Wildman–Crippen MR) is 99.3 cm³/mol. The summed E-state index contributed by atoms with van der Waals surface area (Å²) in [6.45, 7) is 2.42. The van der Waals surface area contributed by atoms with E-state index in [0.29, 0.717) is 29.5 Å². The summed E-state index contributed by atoms with van der Waals surface area (Å²) in [7, 11) is 0. The molecule has 3 aromatic rings. The van der Waals surface area contributed by atoms with Crippen LogP contribution in [0.3, 0.4) is 0 Å². The van der Waals surface area contributed by atoms with Gasteiger partial charge in [-0.25, -0.2) is 0 Å². The van der Waals surface area contributed by atoms with Crippen LogP contribution in [0.5, 0.6) is 5.75 Å². The van der Waals surface area contributed by atoms with Gasteiger partial charge in [-0.2, -0.15) is 0 Å². The van der Waals surface area contributed by atoms with Gasteiger partial charge >= 0.3 is 0 Å². The average Bonchev–Trinajstić information content (AvgIpc) is 2.63. The molecule has 0 spiro atoms. The monoisotopic (exact) mass is 352 g/mol. The third kappa shape index (κ3) is 2.72. The highest BCUT2D eigenvalue weighted by molar-refractivity contribution is 6.30. The summed E-state index contributed by atoms with van der Waals surface area (Å²) < 4.78 is 5.69. The van der Waals surface area contributed by atoms with Gasteiger partial charge in [-0.15, -0.1) is 0 Å². The Morgan fingerprint density at radius 3 is 2.96 bits per heavy atom. The van der Waals surface area contributed by atoms with Gasteiger partial charge in [0, 0.05) is 27.6 Å². The number of ether oxygens (including phenoxy) is 1. The molecule has 2 aromatic carbocycles. The van der Waals surface area contributed by atoms with Crippen molar-refractivity contribution < 1.29 is 9.53 Å². The summed E-state index contributed by atoms with van der Waals surface area (Å²) >= 11 is 6.15. The first-order chi connectivity index (χ1) is 12.1. The summed E-state index contributed by atoms with van der Waals surface area (Å²) in [6.07, 6.45) is 4.06. The lowest BCUT2D eigenvalue weighted by molar-refractivity contribution is -0.122. The maximum Gasteiger partial charge on any atom is 0.235 e. The van der Waals surface area contributed by atoms with Gasteiger partial charge in [0.25, 0.3) is 0 Å². The first-order valence-corrected chi connectivity index (χ1v) is 8.53. The molecule has 2 heterocycles. The molecule has 0 saturated carbocycles. The number of fused-ring (bicyclic) bond motifs is 2. The number of rotatable bonds is 2. The molecule has 25 heavy (non-hydrogen) atoms. The molecule has 0 aliphatic carbocycles. The van der Waals surface area contributed by atoms with Gasteiger partial charge in [-0.3, -0.25) is 9.78 Å². The first-order valence-electron chi connectivity index (χ1n) is 8.15. The quantitative estimate of drug-likeness (QED) is 0.735. The second kappa shape index (κ2) is 6.05. The van der Waals surface area contributed by atoms with Crippen LogP contribution < -0.4 is 10.1 Å². The molecule has 1 aliphatic heterocycles. The van der Waals surface area contributed by atoms with Gasteiger partial charge < -0.3 is 10.1 Å². The molecule has 0 fully saturated rings. The molecule has 0 radical (unpaired) electrons. The maximum absolute atomic E-state index is 13.2. The van der Waals surface area contributed by atoms with E-state index in [1.807, 2.05) is 43.3 Å². The van der Waals surface area contributed by atoms with Crippen molar-refractivity contribution in [1.82, 2.24) is 4.98 Å². The highest BCUT2D eigenvalue weighted by atomic mass is 35.5. The molecule has 1 aliphatic rings. The zero-order valence-electron chi connectivity index (χ0n) is 13.8. The lowest BCUT2D eigenvalue weighted by Crippen LogP contribution is -2.41. The van der Waals surface area contributed by atoms with E-state index in [2.05, 4.69) is 10.3 Å². The third-order valence-corrected chi connectivity index (χ3v) is 5.05. The lowest BCUT2D eigenvalue weighted by atomic mass is 9.77. The molecule has 4 rings (SSSR count). The van der Waals surface area contributed by atoms with Crippen LogP contribution in [0, 0.1) is 0 Å². The first kappa shape index (κ1) is 15.9. The molecule has 1 N–H and O–H groups in total. The van der Waals surface area contributed by atoms with E-state index in [-0.39, 0.29) is 5.91 Å². The van der Waals surface area contributed by atoms with Gasteiger partial charge in [0.05, 0.1) is 23.9 Å². The number of hydrogen-bond acceptors (Lipinski definition) is 3. The second-order valence-electron chi connectivity index (χ2n) is 6.43. The van der Waals surface area contributed by atoms with Gasteiger partial charge in [0.1, 0.15) is 5.75 Å². The smallest absolute Gasteiger partial charge is 0.235 e. The Hall–Kier alpha value is -2.59. The highest BCUT2D eigenvalue weighted by Gasteiger charge is 2.40. The molecule has 0 bridgehead atoms. The van der Waals surface area contributed by atoms with Crippen molar-refractivity contribution in [2.24, 2.45) is 0 Å². The molecule has 1 aromatic heterocycles. The normalized spacial score (nSPS) is 19.1. The predicted octanol–water partition coefficient (Wildman–Crippen LogP) is 4.57. The van der Waals surface area contributed by atoms with Crippen LogP contribution in [0.15, 0.2) is 54.9 Å². The molecule has 1 amide bonds. The summed E-state index contributed by atoms with van der Waals surface area (Å²) in [5.74, 6) is 0.627. The van der Waals surface area contributed by atoms with E-state index in [4.69, 9.17) is 16.3 Å². The fraction of sp³-hybridized carbons (Fsp3) is 0.200. The van der Waals surface area contributed by atoms with Crippen molar-refractivity contribution in [2.45, 2.75) is 18.8 Å². The number of anilines is 1. The number of amides is 1. The SMILES string of the molecule is C[C@]1(C(=O)Nc2cncc3ccccc23)CCOc2ccc(Cl)cc21. The van der Waals surface area contributed by atoms with E-state index in [1.54, 1.807) is 18.5 Å². The average molecular weight is 353 g/mol. The number of carbonyl (C=O) groups is 1. The number of benzene rings is 2. The van der Waals surface area contributed by atoms with Gasteiger partial charge in [-0.05, 0) is 31.5 Å². The van der Waals surface area contributed by atoms with E-state index >= 15 is 0 Å². The zero-order chi connectivity index (χ0) is 17.4. The second-order valence-corrected chi connectivity index (χ2v) is 6.87. The molecule has 4 nitrogen and oxygen atoms in total. The number of halogens is 1. The minimum Gasteiger partial charge on any atom is -0.493 e. The van der Waals surface area contributed by atoms with Crippen molar-refractivity contribution in [2.75, 3.05) is 11.9 Å².